The monoisotopic (exact) mass is 458 g/mol. The third kappa shape index (κ3) is 3.55. The molecule has 1 atom stereocenters. The second-order valence-electron chi connectivity index (χ2n) is 6.26. The molecule has 0 radical (unpaired) electrons. The van der Waals surface area contributed by atoms with Crippen LogP contribution in [-0.2, 0) is 12.2 Å². The summed E-state index contributed by atoms with van der Waals surface area (Å²) in [7, 11) is 1.54. The highest BCUT2D eigenvalue weighted by molar-refractivity contribution is 9.10. The van der Waals surface area contributed by atoms with E-state index < -0.39 is 5.66 Å². The molecule has 2 heterocycles. The Kier molecular flexibility index (Phi) is 4.61. The lowest BCUT2D eigenvalue weighted by Gasteiger charge is -2.07. The van der Waals surface area contributed by atoms with E-state index in [0.717, 1.165) is 29.9 Å². The quantitative estimate of drug-likeness (QED) is 0.521. The van der Waals surface area contributed by atoms with Crippen LogP contribution in [0.3, 0.4) is 0 Å². The zero-order chi connectivity index (χ0) is 18.5. The third-order valence-electron chi connectivity index (χ3n) is 4.18. The molecule has 0 bridgehead atoms. The molecule has 1 aromatic carbocycles. The minimum Gasteiger partial charge on any atom is -0.361 e. The number of hydrogen-bond donors (Lipinski definition) is 1. The molecule has 4 rings (SSSR count). The fraction of sp³-hybridized carbons (Fsp3) is 0.294. The number of thiophene rings is 1. The Hall–Kier alpha value is -1.37. The second-order valence-corrected chi connectivity index (χ2v) is 8.83. The maximum absolute atomic E-state index is 13.6. The molecule has 3 aromatic rings. The normalized spacial score (nSPS) is 14.8. The van der Waals surface area contributed by atoms with E-state index in [1.807, 2.05) is 6.07 Å². The molecular weight excluding hydrogens is 445 g/mol. The van der Waals surface area contributed by atoms with Gasteiger partial charge in [-0.25, -0.2) is 0 Å². The van der Waals surface area contributed by atoms with Gasteiger partial charge >= 0.3 is 0 Å². The molecule has 1 fully saturated rings. The van der Waals surface area contributed by atoms with Crippen molar-refractivity contribution in [2.24, 2.45) is 0 Å². The summed E-state index contributed by atoms with van der Waals surface area (Å²) in [5, 5.41) is 7.33. The van der Waals surface area contributed by atoms with Crippen LogP contribution in [0.5, 0.6) is 0 Å². The number of nitrogens with zero attached hydrogens (tertiary/aromatic N) is 1. The van der Waals surface area contributed by atoms with E-state index in [4.69, 9.17) is 4.52 Å². The highest BCUT2D eigenvalue weighted by atomic mass is 79.9. The molecule has 2 aromatic heterocycles. The van der Waals surface area contributed by atoms with Gasteiger partial charge < -0.3 is 9.84 Å². The molecular formula is C17H14BrF2N2O2PS. The molecule has 1 unspecified atom stereocenters. The Morgan fingerprint density at radius 1 is 1.42 bits per heavy atom. The number of rotatable bonds is 5. The minimum absolute atomic E-state index is 0.0785. The Morgan fingerprint density at radius 2 is 2.19 bits per heavy atom. The van der Waals surface area contributed by atoms with Crippen molar-refractivity contribution in [2.75, 3.05) is 0 Å². The molecule has 4 nitrogen and oxygen atoms in total. The standard InChI is InChI=1S/C17H14BrF2N2O2PS/c18-14-11-5-9(3-4-13(11)26-15(14)17(19,20)25)16(23)21-7-10-6-12(24-22-10)8-1-2-8/h3-6,8H,1-2,7,25H2,(H,21,23). The first-order valence-electron chi connectivity index (χ1n) is 7.96. The van der Waals surface area contributed by atoms with Gasteiger partial charge in [0.15, 0.2) is 0 Å². The average molecular weight is 459 g/mol. The molecule has 9 heteroatoms. The summed E-state index contributed by atoms with van der Waals surface area (Å²) >= 11 is 4.23. The summed E-state index contributed by atoms with van der Waals surface area (Å²) < 4.78 is 33.5. The van der Waals surface area contributed by atoms with E-state index in [-0.39, 0.29) is 17.3 Å². The predicted molar refractivity (Wildman–Crippen MR) is 103 cm³/mol. The molecule has 0 aliphatic heterocycles. The fourth-order valence-corrected chi connectivity index (χ4v) is 5.13. The van der Waals surface area contributed by atoms with E-state index in [1.165, 1.54) is 9.24 Å². The van der Waals surface area contributed by atoms with Gasteiger partial charge in [0.1, 0.15) is 11.5 Å². The topological polar surface area (TPSA) is 55.1 Å². The van der Waals surface area contributed by atoms with Crippen molar-refractivity contribution >= 4 is 52.5 Å². The van der Waals surface area contributed by atoms with Crippen LogP contribution in [-0.4, -0.2) is 11.1 Å². The number of aromatic nitrogens is 1. The minimum atomic E-state index is -3.02. The van der Waals surface area contributed by atoms with Crippen LogP contribution < -0.4 is 5.32 Å². The number of fused-ring (bicyclic) bond motifs is 1. The summed E-state index contributed by atoms with van der Waals surface area (Å²) in [5.74, 6) is 1.04. The Bertz CT molecular complexity index is 994. The third-order valence-corrected chi connectivity index (χ3v) is 7.02. The zero-order valence-electron chi connectivity index (χ0n) is 13.4. The predicted octanol–water partition coefficient (Wildman–Crippen LogP) is 5.38. The van der Waals surface area contributed by atoms with Crippen LogP contribution in [0.15, 0.2) is 33.3 Å². The van der Waals surface area contributed by atoms with Crippen molar-refractivity contribution in [1.29, 1.82) is 0 Å². The van der Waals surface area contributed by atoms with Gasteiger partial charge in [-0.05, 0) is 47.0 Å². The van der Waals surface area contributed by atoms with Crippen LogP contribution in [0, 0.1) is 0 Å². The van der Waals surface area contributed by atoms with Gasteiger partial charge in [-0.3, -0.25) is 4.79 Å². The average Bonchev–Trinajstić information content (AvgIpc) is 3.24. The molecule has 1 amide bonds. The number of hydrogen-bond acceptors (Lipinski definition) is 4. The van der Waals surface area contributed by atoms with Gasteiger partial charge in [0.2, 0.25) is 0 Å². The summed E-state index contributed by atoms with van der Waals surface area (Å²) in [5.41, 5.74) is -1.94. The lowest BCUT2D eigenvalue weighted by Crippen LogP contribution is -2.22. The largest absolute Gasteiger partial charge is 0.361 e. The van der Waals surface area contributed by atoms with Crippen molar-refractivity contribution in [2.45, 2.75) is 31.0 Å². The van der Waals surface area contributed by atoms with Crippen LogP contribution in [0.1, 0.15) is 45.4 Å². The van der Waals surface area contributed by atoms with Gasteiger partial charge in [0.25, 0.3) is 11.6 Å². The smallest absolute Gasteiger partial charge is 0.293 e. The van der Waals surface area contributed by atoms with E-state index >= 15 is 0 Å². The molecule has 136 valence electrons. The van der Waals surface area contributed by atoms with Gasteiger partial charge in [-0.2, -0.15) is 8.78 Å². The van der Waals surface area contributed by atoms with E-state index in [0.29, 0.717) is 31.7 Å². The van der Waals surface area contributed by atoms with E-state index in [1.54, 1.807) is 18.2 Å². The Balaban J connectivity index is 1.51. The second kappa shape index (κ2) is 6.66. The molecule has 1 N–H and O–H groups in total. The van der Waals surface area contributed by atoms with Crippen LogP contribution in [0.2, 0.25) is 0 Å². The molecule has 0 saturated heterocycles. The summed E-state index contributed by atoms with van der Waals surface area (Å²) in [4.78, 5) is 12.3. The van der Waals surface area contributed by atoms with E-state index in [9.17, 15) is 13.6 Å². The SMILES string of the molecule is O=C(NCc1cc(C2CC2)on1)c1ccc2sc(C(F)(F)P)c(Br)c2c1. The van der Waals surface area contributed by atoms with Crippen molar-refractivity contribution in [3.63, 3.8) is 0 Å². The van der Waals surface area contributed by atoms with E-state index in [2.05, 4.69) is 26.4 Å². The first kappa shape index (κ1) is 18.0. The number of halogens is 3. The number of nitrogens with one attached hydrogen (secondary N) is 1. The number of carbonyl (C=O) groups is 1. The Morgan fingerprint density at radius 3 is 2.88 bits per heavy atom. The fourth-order valence-electron chi connectivity index (χ4n) is 2.67. The Labute approximate surface area is 162 Å². The van der Waals surface area contributed by atoms with Crippen LogP contribution in [0.25, 0.3) is 10.1 Å². The first-order chi connectivity index (χ1) is 12.3. The highest BCUT2D eigenvalue weighted by Gasteiger charge is 2.31. The van der Waals surface area contributed by atoms with Crippen molar-refractivity contribution in [3.8, 4) is 0 Å². The molecule has 1 aliphatic rings. The lowest BCUT2D eigenvalue weighted by atomic mass is 10.1. The van der Waals surface area contributed by atoms with Crippen molar-refractivity contribution in [3.05, 3.63) is 50.6 Å². The first-order valence-corrected chi connectivity index (χ1v) is 10.1. The number of alkyl halides is 2. The number of carbonyl (C=O) groups excluding carboxylic acids is 1. The maximum atomic E-state index is 13.6. The lowest BCUT2D eigenvalue weighted by molar-refractivity contribution is 0.0950. The van der Waals surface area contributed by atoms with Crippen molar-refractivity contribution < 1.29 is 18.1 Å². The zero-order valence-corrected chi connectivity index (χ0v) is 16.9. The molecule has 0 spiro atoms. The molecule has 1 saturated carbocycles. The number of benzene rings is 1. The molecule has 26 heavy (non-hydrogen) atoms. The van der Waals surface area contributed by atoms with Gasteiger partial charge in [-0.1, -0.05) is 14.4 Å². The van der Waals surface area contributed by atoms with Crippen LogP contribution in [0.4, 0.5) is 8.78 Å². The summed E-state index contributed by atoms with van der Waals surface area (Å²) in [6.07, 6.45) is 2.24. The van der Waals surface area contributed by atoms with Gasteiger partial charge in [0.05, 0.1) is 11.4 Å². The van der Waals surface area contributed by atoms with Gasteiger partial charge in [0, 0.05) is 32.1 Å². The summed E-state index contributed by atoms with van der Waals surface area (Å²) in [6, 6.07) is 6.79. The van der Waals surface area contributed by atoms with Gasteiger partial charge in [-0.15, -0.1) is 11.3 Å². The number of amides is 1. The maximum Gasteiger partial charge on any atom is 0.293 e. The molecule has 1 aliphatic carbocycles. The summed E-state index contributed by atoms with van der Waals surface area (Å²) in [6.45, 7) is 0.257. The highest BCUT2D eigenvalue weighted by Crippen LogP contribution is 2.47. The van der Waals surface area contributed by atoms with Crippen LogP contribution >= 0.6 is 36.5 Å². The van der Waals surface area contributed by atoms with Crippen molar-refractivity contribution in [1.82, 2.24) is 10.5 Å².